The molecule has 24 heavy (non-hydrogen) atoms. The molecule has 0 aliphatic carbocycles. The van der Waals surface area contributed by atoms with Gasteiger partial charge in [-0.3, -0.25) is 9.11 Å². The van der Waals surface area contributed by atoms with Crippen LogP contribution in [-0.2, 0) is 26.7 Å². The SMILES string of the molecule is C=CCc1cc(Oc2ccccc2S(=O)(=O)O)ccc1S(=O)(=O)O. The molecule has 2 aromatic carbocycles. The van der Waals surface area contributed by atoms with Crippen LogP contribution in [0.15, 0.2) is 64.9 Å². The summed E-state index contributed by atoms with van der Waals surface area (Å²) < 4.78 is 69.3. The molecular formula is C15H14O7S2. The molecule has 0 saturated carbocycles. The van der Waals surface area contributed by atoms with E-state index in [1.165, 1.54) is 42.5 Å². The van der Waals surface area contributed by atoms with Gasteiger partial charge in [-0.1, -0.05) is 18.2 Å². The molecule has 0 bridgehead atoms. The van der Waals surface area contributed by atoms with Gasteiger partial charge in [-0.2, -0.15) is 16.8 Å². The van der Waals surface area contributed by atoms with E-state index in [1.54, 1.807) is 0 Å². The predicted molar refractivity (Wildman–Crippen MR) is 86.5 cm³/mol. The molecule has 2 N–H and O–H groups in total. The largest absolute Gasteiger partial charge is 0.456 e. The molecule has 2 rings (SSSR count). The van der Waals surface area contributed by atoms with Gasteiger partial charge in [0.15, 0.2) is 0 Å². The third-order valence-electron chi connectivity index (χ3n) is 3.03. The van der Waals surface area contributed by atoms with Crippen LogP contribution in [0.25, 0.3) is 0 Å². The zero-order valence-corrected chi connectivity index (χ0v) is 13.9. The van der Waals surface area contributed by atoms with Gasteiger partial charge in [0.05, 0.1) is 4.90 Å². The van der Waals surface area contributed by atoms with Gasteiger partial charge in [-0.25, -0.2) is 0 Å². The molecule has 7 nitrogen and oxygen atoms in total. The standard InChI is InChI=1S/C15H14O7S2/c1-2-5-11-10-12(8-9-14(11)23(16,17)18)22-13-6-3-4-7-15(13)24(19,20)21/h2-4,6-10H,1,5H2,(H,16,17,18)(H,19,20,21). The number of para-hydroxylation sites is 1. The predicted octanol–water partition coefficient (Wildman–Crippen LogP) is 2.70. The summed E-state index contributed by atoms with van der Waals surface area (Å²) in [6.45, 7) is 3.51. The van der Waals surface area contributed by atoms with Crippen molar-refractivity contribution in [3.05, 3.63) is 60.7 Å². The molecule has 0 aliphatic rings. The van der Waals surface area contributed by atoms with Crippen molar-refractivity contribution in [1.29, 1.82) is 0 Å². The fourth-order valence-electron chi connectivity index (χ4n) is 2.06. The maximum Gasteiger partial charge on any atom is 0.298 e. The number of hydrogen-bond donors (Lipinski definition) is 2. The van der Waals surface area contributed by atoms with E-state index in [1.807, 2.05) is 0 Å². The summed E-state index contributed by atoms with van der Waals surface area (Å²) in [6.07, 6.45) is 1.59. The summed E-state index contributed by atoms with van der Waals surface area (Å²) >= 11 is 0. The average Bonchev–Trinajstić information content (AvgIpc) is 2.46. The molecule has 9 heteroatoms. The first kappa shape index (κ1) is 18.1. The van der Waals surface area contributed by atoms with Gasteiger partial charge in [0.25, 0.3) is 20.2 Å². The number of ether oxygens (including phenoxy) is 1. The molecule has 2 aromatic rings. The van der Waals surface area contributed by atoms with E-state index in [-0.39, 0.29) is 28.4 Å². The first-order chi connectivity index (χ1) is 11.1. The van der Waals surface area contributed by atoms with Crippen molar-refractivity contribution in [3.63, 3.8) is 0 Å². The van der Waals surface area contributed by atoms with Gasteiger partial charge in [-0.15, -0.1) is 6.58 Å². The minimum atomic E-state index is -4.48. The van der Waals surface area contributed by atoms with E-state index < -0.39 is 25.1 Å². The fraction of sp³-hybridized carbons (Fsp3) is 0.0667. The van der Waals surface area contributed by atoms with E-state index >= 15 is 0 Å². The summed E-state index contributed by atoms with van der Waals surface area (Å²) in [5.41, 5.74) is 0.231. The molecule has 0 aliphatic heterocycles. The summed E-state index contributed by atoms with van der Waals surface area (Å²) in [4.78, 5) is -0.716. The summed E-state index contributed by atoms with van der Waals surface area (Å²) in [5, 5.41) is 0. The lowest BCUT2D eigenvalue weighted by Crippen LogP contribution is -2.04. The second-order valence-electron chi connectivity index (χ2n) is 4.76. The van der Waals surface area contributed by atoms with Gasteiger partial charge in [0, 0.05) is 0 Å². The van der Waals surface area contributed by atoms with Crippen LogP contribution in [0.1, 0.15) is 5.56 Å². The molecule has 0 spiro atoms. The Labute approximate surface area is 139 Å². The van der Waals surface area contributed by atoms with E-state index in [9.17, 15) is 25.9 Å². The van der Waals surface area contributed by atoms with Crippen LogP contribution in [0.3, 0.4) is 0 Å². The topological polar surface area (TPSA) is 118 Å². The minimum Gasteiger partial charge on any atom is -0.456 e. The minimum absolute atomic E-state index is 0.121. The number of hydrogen-bond acceptors (Lipinski definition) is 5. The Morgan fingerprint density at radius 1 is 0.958 bits per heavy atom. The molecule has 0 unspecified atom stereocenters. The highest BCUT2D eigenvalue weighted by Gasteiger charge is 2.19. The maximum atomic E-state index is 11.4. The van der Waals surface area contributed by atoms with E-state index in [0.29, 0.717) is 0 Å². The van der Waals surface area contributed by atoms with Crippen molar-refractivity contribution in [2.24, 2.45) is 0 Å². The lowest BCUT2D eigenvalue weighted by molar-refractivity contribution is 0.449. The van der Waals surface area contributed by atoms with Crippen LogP contribution >= 0.6 is 0 Å². The highest BCUT2D eigenvalue weighted by Crippen LogP contribution is 2.30. The fourth-order valence-corrected chi connectivity index (χ4v) is 3.39. The first-order valence-corrected chi connectivity index (χ1v) is 9.46. The molecule has 0 radical (unpaired) electrons. The quantitative estimate of drug-likeness (QED) is 0.593. The molecule has 128 valence electrons. The van der Waals surface area contributed by atoms with Gasteiger partial charge in [0.2, 0.25) is 0 Å². The molecule has 0 atom stereocenters. The van der Waals surface area contributed by atoms with Gasteiger partial charge >= 0.3 is 0 Å². The normalized spacial score (nSPS) is 11.9. The van der Waals surface area contributed by atoms with E-state index in [2.05, 4.69) is 6.58 Å². The van der Waals surface area contributed by atoms with Crippen molar-refractivity contribution in [1.82, 2.24) is 0 Å². The summed E-state index contributed by atoms with van der Waals surface area (Å²) in [7, 11) is -8.90. The Kier molecular flexibility index (Phi) is 5.09. The van der Waals surface area contributed by atoms with Crippen LogP contribution in [0.2, 0.25) is 0 Å². The van der Waals surface area contributed by atoms with Crippen LogP contribution < -0.4 is 4.74 Å². The Bertz CT molecular complexity index is 977. The summed E-state index contributed by atoms with van der Waals surface area (Å²) in [5.74, 6) is 0.0134. The highest BCUT2D eigenvalue weighted by molar-refractivity contribution is 7.86. The van der Waals surface area contributed by atoms with Crippen LogP contribution in [0.5, 0.6) is 11.5 Å². The van der Waals surface area contributed by atoms with Gasteiger partial charge < -0.3 is 4.74 Å². The van der Waals surface area contributed by atoms with Gasteiger partial charge in [-0.05, 0) is 42.3 Å². The monoisotopic (exact) mass is 370 g/mol. The molecule has 0 fully saturated rings. The Morgan fingerprint density at radius 3 is 2.17 bits per heavy atom. The van der Waals surface area contributed by atoms with Crippen LogP contribution in [-0.4, -0.2) is 25.9 Å². The van der Waals surface area contributed by atoms with Crippen molar-refractivity contribution in [2.75, 3.05) is 0 Å². The molecule has 0 amide bonds. The van der Waals surface area contributed by atoms with Crippen molar-refractivity contribution >= 4 is 20.2 Å². The van der Waals surface area contributed by atoms with Gasteiger partial charge in [0.1, 0.15) is 16.4 Å². The van der Waals surface area contributed by atoms with E-state index in [0.717, 1.165) is 6.07 Å². The number of benzene rings is 2. The molecule has 0 heterocycles. The average molecular weight is 370 g/mol. The number of rotatable bonds is 6. The molecule has 0 saturated heterocycles. The summed E-state index contributed by atoms with van der Waals surface area (Å²) in [6, 6.07) is 9.18. The van der Waals surface area contributed by atoms with Crippen LogP contribution in [0.4, 0.5) is 0 Å². The zero-order valence-electron chi connectivity index (χ0n) is 12.3. The van der Waals surface area contributed by atoms with Crippen LogP contribution in [0, 0.1) is 0 Å². The third kappa shape index (κ3) is 4.20. The lowest BCUT2D eigenvalue weighted by atomic mass is 10.1. The maximum absolute atomic E-state index is 11.4. The Morgan fingerprint density at radius 2 is 1.58 bits per heavy atom. The number of allylic oxidation sites excluding steroid dienone is 1. The third-order valence-corrected chi connectivity index (χ3v) is 4.88. The lowest BCUT2D eigenvalue weighted by Gasteiger charge is -2.12. The molecule has 0 aromatic heterocycles. The Balaban J connectivity index is 2.49. The second-order valence-corrected chi connectivity index (χ2v) is 7.54. The first-order valence-electron chi connectivity index (χ1n) is 6.58. The molecular weight excluding hydrogens is 356 g/mol. The highest BCUT2D eigenvalue weighted by atomic mass is 32.2. The zero-order chi connectivity index (χ0) is 18.0. The van der Waals surface area contributed by atoms with Crippen molar-refractivity contribution in [3.8, 4) is 11.5 Å². The van der Waals surface area contributed by atoms with Crippen molar-refractivity contribution in [2.45, 2.75) is 16.2 Å². The van der Waals surface area contributed by atoms with E-state index in [4.69, 9.17) is 4.74 Å². The smallest absolute Gasteiger partial charge is 0.298 e. The second kappa shape index (κ2) is 6.73. The Hall–Kier alpha value is -2.20. The van der Waals surface area contributed by atoms with Crippen molar-refractivity contribution < 1.29 is 30.7 Å².